The van der Waals surface area contributed by atoms with E-state index in [1.165, 1.54) is 6.92 Å². The number of aromatic hydroxyl groups is 2. The molecule has 0 radical (unpaired) electrons. The highest BCUT2D eigenvalue weighted by molar-refractivity contribution is 5.81. The van der Waals surface area contributed by atoms with E-state index in [9.17, 15) is 33.5 Å². The molecule has 0 amide bonds. The maximum Gasteiger partial charge on any atom is 0.417 e. The number of aryl methyl sites for hydroxylation is 1. The van der Waals surface area contributed by atoms with Crippen molar-refractivity contribution in [1.29, 1.82) is 0 Å². The van der Waals surface area contributed by atoms with Crippen LogP contribution in [0.15, 0.2) is 53.1 Å². The summed E-state index contributed by atoms with van der Waals surface area (Å²) in [5, 5.41) is 34.2. The largest absolute Gasteiger partial charge is 0.504 e. The number of hydrogen-bond acceptors (Lipinski definition) is 8. The van der Waals surface area contributed by atoms with Gasteiger partial charge in [-0.3, -0.25) is 15.1 Å². The molecule has 0 saturated heterocycles. The van der Waals surface area contributed by atoms with Crippen LogP contribution in [0.3, 0.4) is 0 Å². The lowest BCUT2D eigenvalue weighted by Gasteiger charge is -2.15. The van der Waals surface area contributed by atoms with Crippen LogP contribution in [0, 0.1) is 17.0 Å². The van der Waals surface area contributed by atoms with Gasteiger partial charge in [0.25, 0.3) is 5.89 Å². The number of benzene rings is 2. The van der Waals surface area contributed by atoms with E-state index in [1.54, 1.807) is 30.3 Å². The average Bonchev–Trinajstić information content (AvgIpc) is 3.24. The van der Waals surface area contributed by atoms with Crippen molar-refractivity contribution in [3.05, 3.63) is 69.9 Å². The van der Waals surface area contributed by atoms with Gasteiger partial charge in [0.15, 0.2) is 5.75 Å². The van der Waals surface area contributed by atoms with Crippen LogP contribution in [0.2, 0.25) is 0 Å². The minimum Gasteiger partial charge on any atom is -0.504 e. The molecule has 4 aromatic rings. The Kier molecular flexibility index (Phi) is 5.20. The molecule has 12 heteroatoms. The number of rotatable bonds is 4. The Morgan fingerprint density at radius 3 is 2.36 bits per heavy atom. The molecule has 2 N–H and O–H groups in total. The van der Waals surface area contributed by atoms with E-state index in [0.717, 1.165) is 18.2 Å². The summed E-state index contributed by atoms with van der Waals surface area (Å²) >= 11 is 0. The van der Waals surface area contributed by atoms with Gasteiger partial charge in [0.1, 0.15) is 0 Å². The SMILES string of the molecule is Cc1cc(C(F)(F)F)c(-c2nc(-c3cc(O)c(O)c([N+](=O)[O-])c3)no2)c(-c2ccccc2)n1. The summed E-state index contributed by atoms with van der Waals surface area (Å²) in [6.07, 6.45) is -4.78. The molecule has 9 nitrogen and oxygen atoms in total. The zero-order valence-corrected chi connectivity index (χ0v) is 16.7. The number of alkyl halides is 3. The molecule has 0 saturated carbocycles. The fourth-order valence-electron chi connectivity index (χ4n) is 3.23. The summed E-state index contributed by atoms with van der Waals surface area (Å²) in [4.78, 5) is 18.4. The van der Waals surface area contributed by atoms with Gasteiger partial charge in [0, 0.05) is 22.9 Å². The highest BCUT2D eigenvalue weighted by Crippen LogP contribution is 2.43. The number of phenols is 2. The summed E-state index contributed by atoms with van der Waals surface area (Å²) in [5.74, 6) is -2.67. The van der Waals surface area contributed by atoms with Gasteiger partial charge in [-0.25, -0.2) is 0 Å². The van der Waals surface area contributed by atoms with Crippen molar-refractivity contribution in [3.63, 3.8) is 0 Å². The zero-order valence-electron chi connectivity index (χ0n) is 16.7. The molecule has 4 rings (SSSR count). The van der Waals surface area contributed by atoms with Crippen LogP contribution in [-0.4, -0.2) is 30.3 Å². The molecule has 0 atom stereocenters. The predicted octanol–water partition coefficient (Wildman–Crippen LogP) is 5.11. The first kappa shape index (κ1) is 21.7. The third kappa shape index (κ3) is 4.05. The summed E-state index contributed by atoms with van der Waals surface area (Å²) in [6, 6.07) is 10.7. The van der Waals surface area contributed by atoms with Gasteiger partial charge < -0.3 is 14.7 Å². The minimum absolute atomic E-state index is 0.0438. The number of halogens is 3. The zero-order chi connectivity index (χ0) is 23.9. The normalized spacial score (nSPS) is 11.5. The molecular formula is C21H13F3N4O5. The lowest BCUT2D eigenvalue weighted by molar-refractivity contribution is -0.385. The molecule has 0 spiro atoms. The number of nitrogens with zero attached hydrogens (tertiary/aromatic N) is 4. The van der Waals surface area contributed by atoms with Crippen LogP contribution in [-0.2, 0) is 6.18 Å². The first-order valence-corrected chi connectivity index (χ1v) is 9.25. The number of pyridine rings is 1. The fourth-order valence-corrected chi connectivity index (χ4v) is 3.23. The Labute approximate surface area is 182 Å². The quantitative estimate of drug-likeness (QED) is 0.245. The van der Waals surface area contributed by atoms with Crippen molar-refractivity contribution in [2.75, 3.05) is 0 Å². The lowest BCUT2D eigenvalue weighted by atomic mass is 9.99. The molecule has 2 aromatic heterocycles. The Hall–Kier alpha value is -4.48. The Morgan fingerprint density at radius 2 is 1.73 bits per heavy atom. The van der Waals surface area contributed by atoms with Crippen LogP contribution in [0.5, 0.6) is 11.5 Å². The van der Waals surface area contributed by atoms with E-state index in [4.69, 9.17) is 4.52 Å². The number of hydrogen-bond donors (Lipinski definition) is 2. The Bertz CT molecular complexity index is 1370. The predicted molar refractivity (Wildman–Crippen MR) is 108 cm³/mol. The van der Waals surface area contributed by atoms with Crippen molar-refractivity contribution < 1.29 is 32.8 Å². The van der Waals surface area contributed by atoms with Crippen molar-refractivity contribution in [1.82, 2.24) is 15.1 Å². The van der Waals surface area contributed by atoms with E-state index in [-0.39, 0.29) is 22.8 Å². The number of phenolic OH excluding ortho intramolecular Hbond substituents is 2. The van der Waals surface area contributed by atoms with E-state index in [0.29, 0.717) is 5.56 Å². The molecule has 0 bridgehead atoms. The number of nitro groups is 1. The first-order valence-electron chi connectivity index (χ1n) is 9.25. The molecule has 0 aliphatic rings. The van der Waals surface area contributed by atoms with E-state index in [1.807, 2.05) is 0 Å². The maximum absolute atomic E-state index is 13.9. The minimum atomic E-state index is -4.78. The van der Waals surface area contributed by atoms with Crippen LogP contribution < -0.4 is 0 Å². The number of nitro benzene ring substituents is 1. The fraction of sp³-hybridized carbons (Fsp3) is 0.0952. The second-order valence-electron chi connectivity index (χ2n) is 6.94. The van der Waals surface area contributed by atoms with E-state index in [2.05, 4.69) is 15.1 Å². The van der Waals surface area contributed by atoms with Gasteiger partial charge in [-0.2, -0.15) is 18.2 Å². The summed E-state index contributed by atoms with van der Waals surface area (Å²) in [6.45, 7) is 1.42. The van der Waals surface area contributed by atoms with Crippen molar-refractivity contribution in [2.24, 2.45) is 0 Å². The standard InChI is InChI=1S/C21H13F3N4O5/c1-10-7-13(21(22,23)24)16(17(25-10)11-5-3-2-4-6-11)20-26-19(27-33-20)12-8-14(28(31)32)18(30)15(29)9-12/h2-9,29-30H,1H3. The Morgan fingerprint density at radius 1 is 1.03 bits per heavy atom. The van der Waals surface area contributed by atoms with Gasteiger partial charge in [0.05, 0.1) is 21.7 Å². The molecule has 0 unspecified atom stereocenters. The van der Waals surface area contributed by atoms with Crippen molar-refractivity contribution >= 4 is 5.69 Å². The third-order valence-corrected chi connectivity index (χ3v) is 4.66. The van der Waals surface area contributed by atoms with E-state index < -0.39 is 45.3 Å². The topological polar surface area (TPSA) is 135 Å². The van der Waals surface area contributed by atoms with Crippen LogP contribution in [0.1, 0.15) is 11.3 Å². The summed E-state index contributed by atoms with van der Waals surface area (Å²) in [5.41, 5.74) is -2.06. The lowest BCUT2D eigenvalue weighted by Crippen LogP contribution is -2.10. The van der Waals surface area contributed by atoms with E-state index >= 15 is 0 Å². The molecule has 0 aliphatic heterocycles. The second kappa shape index (κ2) is 7.89. The monoisotopic (exact) mass is 458 g/mol. The molecule has 2 aromatic carbocycles. The maximum atomic E-state index is 13.9. The molecule has 33 heavy (non-hydrogen) atoms. The smallest absolute Gasteiger partial charge is 0.417 e. The summed E-state index contributed by atoms with van der Waals surface area (Å²) < 4.78 is 46.9. The molecule has 168 valence electrons. The highest BCUT2D eigenvalue weighted by atomic mass is 19.4. The third-order valence-electron chi connectivity index (χ3n) is 4.66. The van der Waals surface area contributed by atoms with Crippen LogP contribution in [0.4, 0.5) is 18.9 Å². The van der Waals surface area contributed by atoms with Crippen molar-refractivity contribution in [2.45, 2.75) is 13.1 Å². The average molecular weight is 458 g/mol. The second-order valence-corrected chi connectivity index (χ2v) is 6.94. The molecule has 2 heterocycles. The van der Waals surface area contributed by atoms with Crippen LogP contribution >= 0.6 is 0 Å². The highest BCUT2D eigenvalue weighted by Gasteiger charge is 2.38. The van der Waals surface area contributed by atoms with Crippen molar-refractivity contribution in [3.8, 4) is 45.6 Å². The van der Waals surface area contributed by atoms with Crippen LogP contribution in [0.25, 0.3) is 34.1 Å². The van der Waals surface area contributed by atoms with Gasteiger partial charge >= 0.3 is 11.9 Å². The van der Waals surface area contributed by atoms with Gasteiger partial charge in [-0.1, -0.05) is 35.5 Å². The van der Waals surface area contributed by atoms with Gasteiger partial charge in [-0.05, 0) is 19.1 Å². The first-order chi connectivity index (χ1) is 15.6. The summed E-state index contributed by atoms with van der Waals surface area (Å²) in [7, 11) is 0. The molecular weight excluding hydrogens is 445 g/mol. The van der Waals surface area contributed by atoms with Gasteiger partial charge in [0.2, 0.25) is 11.6 Å². The number of aromatic nitrogens is 3. The van der Waals surface area contributed by atoms with Gasteiger partial charge in [-0.15, -0.1) is 0 Å². The Balaban J connectivity index is 1.94. The molecule has 0 aliphatic carbocycles. The molecule has 0 fully saturated rings.